The second-order valence-electron chi connectivity index (χ2n) is 7.34. The predicted octanol–water partition coefficient (Wildman–Crippen LogP) is 3.85. The number of hydrogen-bond donors (Lipinski definition) is 2. The molecule has 4 rings (SSSR count). The molecule has 1 aromatic heterocycles. The molecule has 9 heteroatoms. The molecule has 0 fully saturated rings. The molecule has 0 bridgehead atoms. The summed E-state index contributed by atoms with van der Waals surface area (Å²) in [5, 5.41) is 10.4. The topological polar surface area (TPSA) is 86.7 Å². The highest BCUT2D eigenvalue weighted by atomic mass is 32.2. The number of amides is 1. The van der Waals surface area contributed by atoms with Gasteiger partial charge in [0, 0.05) is 28.9 Å². The van der Waals surface area contributed by atoms with Crippen molar-refractivity contribution in [1.82, 2.24) is 9.79 Å². The third kappa shape index (κ3) is 4.54. The van der Waals surface area contributed by atoms with E-state index in [4.69, 9.17) is 5.21 Å². The van der Waals surface area contributed by atoms with Crippen molar-refractivity contribution >= 4 is 27.3 Å². The van der Waals surface area contributed by atoms with E-state index < -0.39 is 15.9 Å². The monoisotopic (exact) mass is 460 g/mol. The number of rotatable bonds is 4. The van der Waals surface area contributed by atoms with Gasteiger partial charge in [-0.15, -0.1) is 11.3 Å². The van der Waals surface area contributed by atoms with Crippen LogP contribution in [0.2, 0.25) is 0 Å². The predicted molar refractivity (Wildman–Crippen MR) is 116 cm³/mol. The van der Waals surface area contributed by atoms with E-state index in [2.05, 4.69) is 0 Å². The highest BCUT2D eigenvalue weighted by molar-refractivity contribution is 7.89. The van der Waals surface area contributed by atoms with E-state index in [1.807, 2.05) is 6.07 Å². The fourth-order valence-electron chi connectivity index (χ4n) is 3.75. The average molecular weight is 461 g/mol. The number of carbonyl (C=O) groups excluding carboxylic acids is 1. The fraction of sp³-hybridized carbons (Fsp3) is 0.227. The molecule has 1 aliphatic rings. The summed E-state index contributed by atoms with van der Waals surface area (Å²) in [4.78, 5) is 12.6. The lowest BCUT2D eigenvalue weighted by atomic mass is 9.96. The zero-order valence-corrected chi connectivity index (χ0v) is 18.2. The first-order valence-electron chi connectivity index (χ1n) is 9.79. The van der Waals surface area contributed by atoms with E-state index in [1.165, 1.54) is 27.8 Å². The first-order valence-corrected chi connectivity index (χ1v) is 12.1. The second kappa shape index (κ2) is 8.88. The van der Waals surface area contributed by atoms with Crippen LogP contribution in [0.15, 0.2) is 58.8 Å². The minimum Gasteiger partial charge on any atom is -0.288 e. The summed E-state index contributed by atoms with van der Waals surface area (Å²) in [6, 6.07) is 12.9. The Morgan fingerprint density at radius 3 is 2.68 bits per heavy atom. The van der Waals surface area contributed by atoms with Crippen LogP contribution in [-0.4, -0.2) is 36.9 Å². The molecule has 0 radical (unpaired) electrons. The number of halogens is 1. The van der Waals surface area contributed by atoms with Gasteiger partial charge in [0.05, 0.1) is 4.90 Å². The van der Waals surface area contributed by atoms with Crippen molar-refractivity contribution in [1.29, 1.82) is 0 Å². The Hall–Kier alpha value is -2.59. The van der Waals surface area contributed by atoms with E-state index in [0.29, 0.717) is 41.8 Å². The lowest BCUT2D eigenvalue weighted by Gasteiger charge is -2.25. The molecule has 0 atom stereocenters. The second-order valence-corrected chi connectivity index (χ2v) is 10.2. The first kappa shape index (κ1) is 21.6. The highest BCUT2D eigenvalue weighted by Gasteiger charge is 2.27. The Labute approximate surface area is 184 Å². The van der Waals surface area contributed by atoms with Gasteiger partial charge in [0.15, 0.2) is 0 Å². The maximum Gasteiger partial charge on any atom is 0.274 e. The summed E-state index contributed by atoms with van der Waals surface area (Å²) in [6.45, 7) is 0.677. The summed E-state index contributed by atoms with van der Waals surface area (Å²) >= 11 is 1.27. The van der Waals surface area contributed by atoms with Crippen LogP contribution in [0.25, 0.3) is 10.4 Å². The molecule has 0 spiro atoms. The summed E-state index contributed by atoms with van der Waals surface area (Å²) < 4.78 is 41.5. The van der Waals surface area contributed by atoms with E-state index >= 15 is 0 Å². The highest BCUT2D eigenvalue weighted by Crippen LogP contribution is 2.32. The molecule has 31 heavy (non-hydrogen) atoms. The number of nitrogens with zero attached hydrogens (tertiary/aromatic N) is 1. The molecule has 162 valence electrons. The Bertz CT molecular complexity index is 1220. The summed E-state index contributed by atoms with van der Waals surface area (Å²) in [5.74, 6) is -0.968. The van der Waals surface area contributed by atoms with Crippen molar-refractivity contribution in [3.8, 4) is 10.4 Å². The number of nitrogens with one attached hydrogen (secondary N) is 1. The number of thiophene rings is 1. The Morgan fingerprint density at radius 2 is 1.90 bits per heavy atom. The molecule has 2 N–H and O–H groups in total. The third-order valence-corrected chi connectivity index (χ3v) is 8.38. The van der Waals surface area contributed by atoms with Crippen molar-refractivity contribution in [2.75, 3.05) is 13.1 Å². The quantitative estimate of drug-likeness (QED) is 0.457. The molecule has 2 heterocycles. The van der Waals surface area contributed by atoms with E-state index in [0.717, 1.165) is 11.1 Å². The van der Waals surface area contributed by atoms with E-state index in [1.54, 1.807) is 41.2 Å². The van der Waals surface area contributed by atoms with Gasteiger partial charge in [-0.3, -0.25) is 10.0 Å². The van der Waals surface area contributed by atoms with Gasteiger partial charge in [-0.25, -0.2) is 18.3 Å². The molecule has 6 nitrogen and oxygen atoms in total. The van der Waals surface area contributed by atoms with E-state index in [-0.39, 0.29) is 17.3 Å². The molecule has 0 saturated carbocycles. The van der Waals surface area contributed by atoms with Gasteiger partial charge in [0.1, 0.15) is 5.82 Å². The van der Waals surface area contributed by atoms with Crippen molar-refractivity contribution in [3.05, 3.63) is 76.4 Å². The van der Waals surface area contributed by atoms with Gasteiger partial charge in [0.2, 0.25) is 10.0 Å². The molecule has 1 aliphatic heterocycles. The van der Waals surface area contributed by atoms with E-state index in [9.17, 15) is 17.6 Å². The zero-order valence-electron chi connectivity index (χ0n) is 16.5. The van der Waals surface area contributed by atoms with Crippen LogP contribution >= 0.6 is 11.3 Å². The lowest BCUT2D eigenvalue weighted by molar-refractivity contribution is 0.0706. The van der Waals surface area contributed by atoms with Crippen molar-refractivity contribution in [3.63, 3.8) is 0 Å². The maximum absolute atomic E-state index is 13.5. The molecule has 0 saturated heterocycles. The third-order valence-electron chi connectivity index (χ3n) is 5.38. The maximum atomic E-state index is 13.5. The number of carbonyl (C=O) groups is 1. The summed E-state index contributed by atoms with van der Waals surface area (Å²) in [7, 11) is -3.70. The fourth-order valence-corrected chi connectivity index (χ4v) is 6.49. The first-order chi connectivity index (χ1) is 14.9. The molecule has 0 unspecified atom stereocenters. The molecule has 1 amide bonds. The minimum absolute atomic E-state index is 0.200. The van der Waals surface area contributed by atoms with Gasteiger partial charge in [0.25, 0.3) is 5.91 Å². The average Bonchev–Trinajstić information content (AvgIpc) is 3.25. The Balaban J connectivity index is 1.57. The van der Waals surface area contributed by atoms with Crippen LogP contribution in [0, 0.1) is 5.82 Å². The number of sulfonamides is 1. The van der Waals surface area contributed by atoms with Gasteiger partial charge in [-0.05, 0) is 66.3 Å². The van der Waals surface area contributed by atoms with Crippen LogP contribution in [0.5, 0.6) is 0 Å². The van der Waals surface area contributed by atoms with Crippen molar-refractivity contribution in [2.24, 2.45) is 0 Å². The van der Waals surface area contributed by atoms with Gasteiger partial charge >= 0.3 is 0 Å². The lowest BCUT2D eigenvalue weighted by Crippen LogP contribution is -2.35. The van der Waals surface area contributed by atoms with Crippen LogP contribution in [-0.2, 0) is 22.9 Å². The largest absolute Gasteiger partial charge is 0.288 e. The smallest absolute Gasteiger partial charge is 0.274 e. The Morgan fingerprint density at radius 1 is 1.06 bits per heavy atom. The SMILES string of the molecule is O=C(NO)c1ccc2c(c1)CCN(S(=O)(=O)c1csc(-c3cccc(F)c3)c1)CCC2. The minimum atomic E-state index is -3.70. The zero-order chi connectivity index (χ0) is 22.0. The number of benzene rings is 2. The number of hydroxylamine groups is 1. The number of fused-ring (bicyclic) bond motifs is 1. The molecule has 0 aliphatic carbocycles. The molecule has 2 aromatic carbocycles. The van der Waals surface area contributed by atoms with Crippen LogP contribution < -0.4 is 5.48 Å². The molecular formula is C22H21FN2O4S2. The van der Waals surface area contributed by atoms with Crippen molar-refractivity contribution < 1.29 is 22.8 Å². The van der Waals surface area contributed by atoms with Gasteiger partial charge in [-0.1, -0.05) is 18.2 Å². The van der Waals surface area contributed by atoms with Gasteiger partial charge in [-0.2, -0.15) is 4.31 Å². The Kier molecular flexibility index (Phi) is 6.19. The standard InChI is InChI=1S/C22H21FN2O4S2/c23-19-5-1-3-17(12-19)21-13-20(14-30-21)31(28,29)25-9-2-4-15-6-7-18(22(26)24-27)11-16(15)8-10-25/h1,3,5-7,11-14,27H,2,4,8-10H2,(H,24,26). The van der Waals surface area contributed by atoms with Crippen LogP contribution in [0.1, 0.15) is 27.9 Å². The molecule has 3 aromatic rings. The number of hydrogen-bond acceptors (Lipinski definition) is 5. The summed E-state index contributed by atoms with van der Waals surface area (Å²) in [5.41, 5.74) is 4.57. The molecular weight excluding hydrogens is 439 g/mol. The van der Waals surface area contributed by atoms with Crippen molar-refractivity contribution in [2.45, 2.75) is 24.2 Å². The summed E-state index contributed by atoms with van der Waals surface area (Å²) in [6.07, 6.45) is 1.81. The van der Waals surface area contributed by atoms with Crippen LogP contribution in [0.4, 0.5) is 4.39 Å². The normalized spacial score (nSPS) is 15.0. The number of aryl methyl sites for hydroxylation is 1. The van der Waals surface area contributed by atoms with Crippen LogP contribution in [0.3, 0.4) is 0 Å². The van der Waals surface area contributed by atoms with Gasteiger partial charge < -0.3 is 0 Å².